The zero-order valence-electron chi connectivity index (χ0n) is 40.4. The second kappa shape index (κ2) is 32.1. The van der Waals surface area contributed by atoms with Gasteiger partial charge >= 0.3 is 0 Å². The van der Waals surface area contributed by atoms with E-state index in [-0.39, 0.29) is 11.6 Å². The summed E-state index contributed by atoms with van der Waals surface area (Å²) < 4.78 is 0. The molecule has 2 aromatic rings. The van der Waals surface area contributed by atoms with Gasteiger partial charge in [-0.05, 0) is 73.2 Å². The summed E-state index contributed by atoms with van der Waals surface area (Å²) in [6, 6.07) is 12.6. The van der Waals surface area contributed by atoms with Crippen LogP contribution < -0.4 is 9.80 Å². The van der Waals surface area contributed by atoms with Crippen LogP contribution in [-0.2, 0) is 9.59 Å². The summed E-state index contributed by atoms with van der Waals surface area (Å²) >= 11 is 0. The molecule has 0 saturated heterocycles. The van der Waals surface area contributed by atoms with Crippen LogP contribution in [0.3, 0.4) is 0 Å². The lowest BCUT2D eigenvalue weighted by Crippen LogP contribution is -2.45. The summed E-state index contributed by atoms with van der Waals surface area (Å²) in [6.45, 7) is 10.8. The maximum Gasteiger partial charge on any atom is 0.162 e. The molecule has 4 heteroatoms. The molecule has 0 radical (unpaired) electrons. The van der Waals surface area contributed by atoms with Crippen molar-refractivity contribution in [3.8, 4) is 0 Å². The number of ketones is 2. The zero-order valence-corrected chi connectivity index (χ0v) is 40.4. The first-order chi connectivity index (χ1) is 29.3. The highest BCUT2D eigenvalue weighted by atomic mass is 16.2. The van der Waals surface area contributed by atoms with Gasteiger partial charge in [0.15, 0.2) is 11.6 Å². The third-order valence-electron chi connectivity index (χ3n) is 13.8. The van der Waals surface area contributed by atoms with Gasteiger partial charge in [0.05, 0.1) is 0 Å². The molecule has 0 amide bonds. The third kappa shape index (κ3) is 19.6. The van der Waals surface area contributed by atoms with Crippen molar-refractivity contribution < 1.29 is 9.59 Å². The average molecular weight is 827 g/mol. The summed E-state index contributed by atoms with van der Waals surface area (Å²) in [7, 11) is 4.33. The number of Topliss-reactive ketones (excluding diaryl/α,β-unsaturated/α-hetero) is 2. The van der Waals surface area contributed by atoms with Crippen molar-refractivity contribution in [2.45, 2.75) is 245 Å². The summed E-state index contributed by atoms with van der Waals surface area (Å²) in [5.41, 5.74) is 6.19. The second-order valence-corrected chi connectivity index (χ2v) is 19.2. The van der Waals surface area contributed by atoms with Crippen LogP contribution in [0.5, 0.6) is 0 Å². The molecular weight excluding hydrogens is 733 g/mol. The number of rotatable bonds is 38. The Morgan fingerprint density at radius 3 is 0.833 bits per heavy atom. The fourth-order valence-electron chi connectivity index (χ4n) is 9.63. The van der Waals surface area contributed by atoms with E-state index in [1.807, 2.05) is 12.1 Å². The minimum atomic E-state index is -0.633. The van der Waals surface area contributed by atoms with Crippen molar-refractivity contribution in [2.75, 3.05) is 37.0 Å². The van der Waals surface area contributed by atoms with Crippen molar-refractivity contribution in [1.82, 2.24) is 0 Å². The number of benzene rings is 2. The van der Waals surface area contributed by atoms with Gasteiger partial charge in [0.2, 0.25) is 0 Å². The summed E-state index contributed by atoms with van der Waals surface area (Å²) in [4.78, 5) is 31.9. The average Bonchev–Trinajstić information content (AvgIpc) is 3.24. The van der Waals surface area contributed by atoms with Crippen LogP contribution in [0.1, 0.15) is 253 Å². The third-order valence-corrected chi connectivity index (χ3v) is 13.8. The summed E-state index contributed by atoms with van der Waals surface area (Å²) in [6.07, 6.45) is 44.3. The quantitative estimate of drug-likeness (QED) is 0.0499. The minimum Gasteiger partial charge on any atom is -0.375 e. The van der Waals surface area contributed by atoms with Gasteiger partial charge in [0.1, 0.15) is 11.8 Å². The smallest absolute Gasteiger partial charge is 0.162 e. The number of unbranched alkanes of at least 4 members (excludes halogenated alkanes) is 30. The molecule has 1 fully saturated rings. The SMILES string of the molecule is CCCCCCCCCCCCCCCCCCN(C)c1ccc(C2C(=O)C(c3ccc(N(C)CCCCCCCCCCCCCCCCCC)cc3C)C2=O)c(C)c1. The van der Waals surface area contributed by atoms with Crippen LogP contribution in [0.25, 0.3) is 0 Å². The van der Waals surface area contributed by atoms with Gasteiger partial charge in [0.25, 0.3) is 0 Å². The van der Waals surface area contributed by atoms with Crippen molar-refractivity contribution in [1.29, 1.82) is 0 Å². The lowest BCUT2D eigenvalue weighted by atomic mass is 9.64. The van der Waals surface area contributed by atoms with Gasteiger partial charge < -0.3 is 9.80 Å². The lowest BCUT2D eigenvalue weighted by Gasteiger charge is -2.34. The van der Waals surface area contributed by atoms with Crippen LogP contribution in [0.4, 0.5) is 11.4 Å². The largest absolute Gasteiger partial charge is 0.375 e. The number of hydrogen-bond acceptors (Lipinski definition) is 4. The lowest BCUT2D eigenvalue weighted by molar-refractivity contribution is -0.142. The number of nitrogens with zero attached hydrogens (tertiary/aromatic N) is 2. The molecule has 0 N–H and O–H groups in total. The predicted octanol–water partition coefficient (Wildman–Crippen LogP) is 16.7. The maximum absolute atomic E-state index is 13.6. The Balaban J connectivity index is 1.26. The molecule has 0 aromatic heterocycles. The Labute approximate surface area is 371 Å². The van der Waals surface area contributed by atoms with E-state index >= 15 is 0 Å². The number of carbonyl (C=O) groups is 2. The minimum absolute atomic E-state index is 0.0507. The predicted molar refractivity (Wildman–Crippen MR) is 263 cm³/mol. The Morgan fingerprint density at radius 2 is 0.600 bits per heavy atom. The first-order valence-corrected chi connectivity index (χ1v) is 26.0. The Bertz CT molecular complexity index is 1310. The highest BCUT2D eigenvalue weighted by Crippen LogP contribution is 2.44. The maximum atomic E-state index is 13.6. The molecule has 0 aliphatic heterocycles. The van der Waals surface area contributed by atoms with Crippen LogP contribution in [0.2, 0.25) is 0 Å². The molecule has 3 rings (SSSR count). The second-order valence-electron chi connectivity index (χ2n) is 19.2. The molecule has 1 saturated carbocycles. The van der Waals surface area contributed by atoms with Crippen molar-refractivity contribution in [3.63, 3.8) is 0 Å². The molecule has 4 nitrogen and oxygen atoms in total. The van der Waals surface area contributed by atoms with Gasteiger partial charge in [0, 0.05) is 38.6 Å². The molecule has 340 valence electrons. The molecular formula is C56H94N2O2. The molecule has 0 spiro atoms. The van der Waals surface area contributed by atoms with Crippen LogP contribution >= 0.6 is 0 Å². The Morgan fingerprint density at radius 1 is 0.367 bits per heavy atom. The first-order valence-electron chi connectivity index (χ1n) is 26.0. The zero-order chi connectivity index (χ0) is 43.2. The molecule has 0 bridgehead atoms. The van der Waals surface area contributed by atoms with Crippen molar-refractivity contribution >= 4 is 22.9 Å². The van der Waals surface area contributed by atoms with Gasteiger partial charge in [-0.2, -0.15) is 0 Å². The summed E-state index contributed by atoms with van der Waals surface area (Å²) in [5.74, 6) is -1.16. The van der Waals surface area contributed by atoms with E-state index in [4.69, 9.17) is 0 Å². The van der Waals surface area contributed by atoms with Crippen LogP contribution in [0, 0.1) is 13.8 Å². The van der Waals surface area contributed by atoms with Crippen molar-refractivity contribution in [3.05, 3.63) is 58.7 Å². The van der Waals surface area contributed by atoms with E-state index in [9.17, 15) is 9.59 Å². The standard InChI is InChI=1S/C56H94N2O2/c1-7-9-11-13-15-17-19-21-23-25-27-29-31-33-35-37-43-57(5)49-39-41-51(47(3)45-49)53-55(59)54(56(53)60)52-42-40-50(46-48(52)4)58(6)44-38-36-34-32-30-28-26-24-22-20-18-16-14-12-10-8-2/h39-42,45-46,53-54H,7-38,43-44H2,1-6H3. The molecule has 0 heterocycles. The van der Waals surface area contributed by atoms with Crippen molar-refractivity contribution in [2.24, 2.45) is 0 Å². The number of anilines is 2. The van der Waals surface area contributed by atoms with Gasteiger partial charge in [-0.25, -0.2) is 0 Å². The number of hydrogen-bond donors (Lipinski definition) is 0. The van der Waals surface area contributed by atoms with E-state index in [0.29, 0.717) is 0 Å². The van der Waals surface area contributed by atoms with E-state index in [0.717, 1.165) is 35.3 Å². The highest BCUT2D eigenvalue weighted by Gasteiger charge is 2.51. The summed E-state index contributed by atoms with van der Waals surface area (Å²) in [5, 5.41) is 0. The Hall–Kier alpha value is -2.62. The van der Waals surface area contributed by atoms with Crippen LogP contribution in [-0.4, -0.2) is 38.8 Å². The monoisotopic (exact) mass is 827 g/mol. The molecule has 1 aliphatic rings. The number of aryl methyl sites for hydroxylation is 2. The Kier molecular flexibility index (Phi) is 27.7. The number of carbonyl (C=O) groups excluding carboxylic acids is 2. The normalized spacial score (nSPS) is 15.2. The van der Waals surface area contributed by atoms with E-state index in [1.54, 1.807) is 0 Å². The first kappa shape index (κ1) is 51.7. The fraction of sp³-hybridized carbons (Fsp3) is 0.750. The molecule has 2 aromatic carbocycles. The van der Waals surface area contributed by atoms with Gasteiger partial charge in [-0.3, -0.25) is 9.59 Å². The van der Waals surface area contributed by atoms with Crippen LogP contribution in [0.15, 0.2) is 36.4 Å². The molecule has 0 atom stereocenters. The van der Waals surface area contributed by atoms with E-state index in [1.165, 1.54) is 217 Å². The highest BCUT2D eigenvalue weighted by molar-refractivity contribution is 6.31. The van der Waals surface area contributed by atoms with Gasteiger partial charge in [-0.15, -0.1) is 0 Å². The topological polar surface area (TPSA) is 40.6 Å². The molecule has 0 unspecified atom stereocenters. The van der Waals surface area contributed by atoms with E-state index in [2.05, 4.69) is 75.9 Å². The fourth-order valence-corrected chi connectivity index (χ4v) is 9.63. The molecule has 1 aliphatic carbocycles. The van der Waals surface area contributed by atoms with Gasteiger partial charge in [-0.1, -0.05) is 219 Å². The molecule has 60 heavy (non-hydrogen) atoms. The van der Waals surface area contributed by atoms with E-state index < -0.39 is 11.8 Å².